The summed E-state index contributed by atoms with van der Waals surface area (Å²) >= 11 is 0. The number of nitrogens with one attached hydrogen (secondary N) is 1. The largest absolute Gasteiger partial charge is 0.495 e. The van der Waals surface area contributed by atoms with Gasteiger partial charge in [0.25, 0.3) is 5.91 Å². The summed E-state index contributed by atoms with van der Waals surface area (Å²) in [6.07, 6.45) is 0. The maximum Gasteiger partial charge on any atom is 0.274 e. The van der Waals surface area contributed by atoms with Crippen molar-refractivity contribution in [3.05, 3.63) is 66.4 Å². The molecule has 1 aromatic heterocycles. The monoisotopic (exact) mass is 278 g/mol. The Balaban J connectivity index is 1.90. The van der Waals surface area contributed by atoms with Crippen LogP contribution >= 0.6 is 0 Å². The smallest absolute Gasteiger partial charge is 0.274 e. The summed E-state index contributed by atoms with van der Waals surface area (Å²) in [6, 6.07) is 18.6. The van der Waals surface area contributed by atoms with Crippen LogP contribution in [0.4, 0.5) is 5.69 Å². The van der Waals surface area contributed by atoms with Gasteiger partial charge in [-0.05, 0) is 24.3 Å². The van der Waals surface area contributed by atoms with Crippen molar-refractivity contribution < 1.29 is 9.53 Å². The molecule has 4 heteroatoms. The minimum atomic E-state index is -0.259. The van der Waals surface area contributed by atoms with Gasteiger partial charge in [0.05, 0.1) is 18.3 Å². The van der Waals surface area contributed by atoms with Gasteiger partial charge in [-0.25, -0.2) is 4.98 Å². The number of hydrogen-bond acceptors (Lipinski definition) is 3. The van der Waals surface area contributed by atoms with Crippen LogP contribution in [0.3, 0.4) is 0 Å². The van der Waals surface area contributed by atoms with Crippen molar-refractivity contribution in [3.8, 4) is 5.75 Å². The third-order valence-corrected chi connectivity index (χ3v) is 3.19. The first kappa shape index (κ1) is 13.1. The molecule has 0 aliphatic heterocycles. The fourth-order valence-electron chi connectivity index (χ4n) is 2.13. The second-order valence-electron chi connectivity index (χ2n) is 4.54. The minimum absolute atomic E-state index is 0.259. The normalized spacial score (nSPS) is 10.3. The molecule has 0 aliphatic carbocycles. The molecule has 0 bridgehead atoms. The van der Waals surface area contributed by atoms with Crippen molar-refractivity contribution in [1.82, 2.24) is 4.98 Å². The molecule has 2 aromatic carbocycles. The van der Waals surface area contributed by atoms with Crippen molar-refractivity contribution in [2.24, 2.45) is 0 Å². The molecule has 0 saturated carbocycles. The lowest BCUT2D eigenvalue weighted by Gasteiger charge is -2.09. The number of methoxy groups -OCH3 is 1. The van der Waals surface area contributed by atoms with Crippen LogP contribution in [-0.2, 0) is 0 Å². The minimum Gasteiger partial charge on any atom is -0.495 e. The fraction of sp³-hybridized carbons (Fsp3) is 0.0588. The van der Waals surface area contributed by atoms with Gasteiger partial charge in [-0.3, -0.25) is 4.79 Å². The standard InChI is InChI=1S/C17H14N2O2/c1-21-16-9-5-4-8-14(16)19-17(20)15-11-10-12-6-2-3-7-13(12)18-15/h2-11H,1H3,(H,19,20). The third kappa shape index (κ3) is 2.69. The number of para-hydroxylation sites is 3. The van der Waals surface area contributed by atoms with Gasteiger partial charge < -0.3 is 10.1 Å². The van der Waals surface area contributed by atoms with Gasteiger partial charge in [0, 0.05) is 5.39 Å². The highest BCUT2D eigenvalue weighted by Gasteiger charge is 2.11. The van der Waals surface area contributed by atoms with E-state index in [1.165, 1.54) is 0 Å². The zero-order valence-electron chi connectivity index (χ0n) is 11.5. The van der Waals surface area contributed by atoms with Gasteiger partial charge in [0.2, 0.25) is 0 Å². The number of benzene rings is 2. The van der Waals surface area contributed by atoms with E-state index in [2.05, 4.69) is 10.3 Å². The molecule has 4 nitrogen and oxygen atoms in total. The Morgan fingerprint density at radius 2 is 1.76 bits per heavy atom. The number of amides is 1. The average Bonchev–Trinajstić information content (AvgIpc) is 2.55. The number of anilines is 1. The van der Waals surface area contributed by atoms with Crippen LogP contribution in [0.1, 0.15) is 10.5 Å². The Labute approximate surface area is 122 Å². The summed E-state index contributed by atoms with van der Waals surface area (Å²) in [4.78, 5) is 16.7. The lowest BCUT2D eigenvalue weighted by molar-refractivity contribution is 0.102. The number of rotatable bonds is 3. The molecule has 0 atom stereocenters. The highest BCUT2D eigenvalue weighted by molar-refractivity contribution is 6.04. The molecule has 3 rings (SSSR count). The van der Waals surface area contributed by atoms with Crippen LogP contribution in [0.25, 0.3) is 10.9 Å². The van der Waals surface area contributed by atoms with E-state index in [1.807, 2.05) is 42.5 Å². The van der Waals surface area contributed by atoms with Gasteiger partial charge in [-0.2, -0.15) is 0 Å². The van der Waals surface area contributed by atoms with E-state index in [4.69, 9.17) is 4.74 Å². The number of hydrogen-bond donors (Lipinski definition) is 1. The van der Waals surface area contributed by atoms with Gasteiger partial charge in [0.15, 0.2) is 0 Å². The highest BCUT2D eigenvalue weighted by Crippen LogP contribution is 2.23. The first-order valence-electron chi connectivity index (χ1n) is 6.58. The summed E-state index contributed by atoms with van der Waals surface area (Å²) in [7, 11) is 1.57. The molecular formula is C17H14N2O2. The van der Waals surface area contributed by atoms with Crippen molar-refractivity contribution >= 4 is 22.5 Å². The maximum atomic E-state index is 12.3. The number of pyridine rings is 1. The molecule has 0 spiro atoms. The summed E-state index contributed by atoms with van der Waals surface area (Å²) in [5.41, 5.74) is 1.80. The Hall–Kier alpha value is -2.88. The highest BCUT2D eigenvalue weighted by atomic mass is 16.5. The number of fused-ring (bicyclic) bond motifs is 1. The van der Waals surface area contributed by atoms with Crippen molar-refractivity contribution in [1.29, 1.82) is 0 Å². The van der Waals surface area contributed by atoms with E-state index >= 15 is 0 Å². The van der Waals surface area contributed by atoms with E-state index in [1.54, 1.807) is 25.3 Å². The molecule has 0 unspecified atom stereocenters. The molecule has 21 heavy (non-hydrogen) atoms. The Bertz CT molecular complexity index is 799. The predicted octanol–water partition coefficient (Wildman–Crippen LogP) is 3.50. The molecule has 1 amide bonds. The molecule has 1 N–H and O–H groups in total. The third-order valence-electron chi connectivity index (χ3n) is 3.19. The lowest BCUT2D eigenvalue weighted by Crippen LogP contribution is -2.14. The van der Waals surface area contributed by atoms with Crippen molar-refractivity contribution in [2.45, 2.75) is 0 Å². The van der Waals surface area contributed by atoms with Gasteiger partial charge in [0.1, 0.15) is 11.4 Å². The Morgan fingerprint density at radius 1 is 1.00 bits per heavy atom. The topological polar surface area (TPSA) is 51.2 Å². The van der Waals surface area contributed by atoms with Crippen molar-refractivity contribution in [2.75, 3.05) is 12.4 Å². The number of ether oxygens (including phenoxy) is 1. The van der Waals surface area contributed by atoms with Crippen molar-refractivity contribution in [3.63, 3.8) is 0 Å². The lowest BCUT2D eigenvalue weighted by atomic mass is 10.2. The van der Waals surface area contributed by atoms with Crippen LogP contribution in [0.5, 0.6) is 5.75 Å². The van der Waals surface area contributed by atoms with E-state index in [0.717, 1.165) is 10.9 Å². The van der Waals surface area contributed by atoms with E-state index < -0.39 is 0 Å². The van der Waals surface area contributed by atoms with Crippen LogP contribution in [-0.4, -0.2) is 18.0 Å². The van der Waals surface area contributed by atoms with Crippen LogP contribution in [0, 0.1) is 0 Å². The molecule has 104 valence electrons. The summed E-state index contributed by atoms with van der Waals surface area (Å²) in [5, 5.41) is 3.82. The van der Waals surface area contributed by atoms with Gasteiger partial charge in [-0.1, -0.05) is 36.4 Å². The first-order valence-corrected chi connectivity index (χ1v) is 6.58. The molecular weight excluding hydrogens is 264 g/mol. The molecule has 0 saturated heterocycles. The molecule has 1 heterocycles. The molecule has 0 fully saturated rings. The summed E-state index contributed by atoms with van der Waals surface area (Å²) in [6.45, 7) is 0. The number of nitrogens with zero attached hydrogens (tertiary/aromatic N) is 1. The van der Waals surface area contributed by atoms with E-state index in [9.17, 15) is 4.79 Å². The van der Waals surface area contributed by atoms with E-state index in [-0.39, 0.29) is 5.91 Å². The van der Waals surface area contributed by atoms with E-state index in [0.29, 0.717) is 17.1 Å². The molecule has 0 aliphatic rings. The Morgan fingerprint density at radius 3 is 2.62 bits per heavy atom. The Kier molecular flexibility index (Phi) is 3.51. The van der Waals surface area contributed by atoms with Crippen LogP contribution < -0.4 is 10.1 Å². The maximum absolute atomic E-state index is 12.3. The average molecular weight is 278 g/mol. The summed E-state index contributed by atoms with van der Waals surface area (Å²) in [5.74, 6) is 0.358. The molecule has 3 aromatic rings. The van der Waals surface area contributed by atoms with Gasteiger partial charge in [-0.15, -0.1) is 0 Å². The zero-order chi connectivity index (χ0) is 14.7. The fourth-order valence-corrected chi connectivity index (χ4v) is 2.13. The second-order valence-corrected chi connectivity index (χ2v) is 4.54. The number of carbonyl (C=O) groups is 1. The first-order chi connectivity index (χ1) is 10.3. The molecule has 0 radical (unpaired) electrons. The number of aromatic nitrogens is 1. The van der Waals surface area contributed by atoms with Gasteiger partial charge >= 0.3 is 0 Å². The summed E-state index contributed by atoms with van der Waals surface area (Å²) < 4.78 is 5.22. The number of carbonyl (C=O) groups excluding carboxylic acids is 1. The zero-order valence-corrected chi connectivity index (χ0v) is 11.5. The van der Waals surface area contributed by atoms with Crippen LogP contribution in [0.15, 0.2) is 60.7 Å². The second kappa shape index (κ2) is 5.63. The van der Waals surface area contributed by atoms with Crippen LogP contribution in [0.2, 0.25) is 0 Å². The SMILES string of the molecule is COc1ccccc1NC(=O)c1ccc2ccccc2n1. The predicted molar refractivity (Wildman–Crippen MR) is 82.7 cm³/mol. The quantitative estimate of drug-likeness (QED) is 0.797.